The summed E-state index contributed by atoms with van der Waals surface area (Å²) in [6, 6.07) is 5.94. The Hall–Kier alpha value is -1.48. The summed E-state index contributed by atoms with van der Waals surface area (Å²) in [5.41, 5.74) is 5.85. The van der Waals surface area contributed by atoms with Crippen LogP contribution in [0.4, 0.5) is 0 Å². The van der Waals surface area contributed by atoms with Crippen LogP contribution in [-0.2, 0) is 14.8 Å². The van der Waals surface area contributed by atoms with Crippen molar-refractivity contribution in [2.75, 3.05) is 26.2 Å². The minimum absolute atomic E-state index is 0.173. The van der Waals surface area contributed by atoms with Gasteiger partial charge in [-0.2, -0.15) is 4.31 Å². The summed E-state index contributed by atoms with van der Waals surface area (Å²) in [6.45, 7) is 4.84. The van der Waals surface area contributed by atoms with Crippen LogP contribution in [0.1, 0.15) is 25.5 Å². The molecule has 128 valence electrons. The number of benzene rings is 1. The number of nitrogens with zero attached hydrogens (tertiary/aromatic N) is 2. The van der Waals surface area contributed by atoms with Gasteiger partial charge in [-0.15, -0.1) is 0 Å². The highest BCUT2D eigenvalue weighted by molar-refractivity contribution is 7.89. The third kappa shape index (κ3) is 3.89. The molecule has 1 aliphatic rings. The number of amides is 1. The second kappa shape index (κ2) is 6.96. The number of aliphatic hydroxyl groups is 1. The maximum Gasteiger partial charge on any atom is 0.243 e. The fourth-order valence-corrected chi connectivity index (χ4v) is 4.07. The molecule has 0 aliphatic carbocycles. The van der Waals surface area contributed by atoms with Gasteiger partial charge in [0.15, 0.2) is 0 Å². The number of primary amides is 1. The molecule has 2 rings (SSSR count). The van der Waals surface area contributed by atoms with Crippen LogP contribution >= 0.6 is 0 Å². The largest absolute Gasteiger partial charge is 0.389 e. The Morgan fingerprint density at radius 3 is 2.35 bits per heavy atom. The van der Waals surface area contributed by atoms with Gasteiger partial charge in [0.2, 0.25) is 15.9 Å². The fraction of sp³-hybridized carbons (Fsp3) is 0.533. The number of piperazine rings is 1. The Morgan fingerprint density at radius 2 is 1.83 bits per heavy atom. The van der Waals surface area contributed by atoms with E-state index in [2.05, 4.69) is 0 Å². The first-order chi connectivity index (χ1) is 10.7. The van der Waals surface area contributed by atoms with Gasteiger partial charge >= 0.3 is 0 Å². The van der Waals surface area contributed by atoms with Crippen molar-refractivity contribution in [1.29, 1.82) is 0 Å². The van der Waals surface area contributed by atoms with Gasteiger partial charge in [-0.3, -0.25) is 9.69 Å². The first-order valence-corrected chi connectivity index (χ1v) is 8.99. The van der Waals surface area contributed by atoms with Gasteiger partial charge in [-0.25, -0.2) is 8.42 Å². The number of nitrogens with two attached hydrogens (primary N) is 1. The van der Waals surface area contributed by atoms with Crippen molar-refractivity contribution in [2.45, 2.75) is 30.9 Å². The monoisotopic (exact) mass is 341 g/mol. The van der Waals surface area contributed by atoms with E-state index in [1.165, 1.54) is 16.4 Å². The number of hydrogen-bond donors (Lipinski definition) is 2. The summed E-state index contributed by atoms with van der Waals surface area (Å²) in [5, 5.41) is 9.61. The molecule has 1 fully saturated rings. The highest BCUT2D eigenvalue weighted by Crippen LogP contribution is 2.22. The number of carbonyl (C=O) groups excluding carboxylic acids is 1. The molecule has 1 aromatic rings. The van der Waals surface area contributed by atoms with Crippen molar-refractivity contribution in [2.24, 2.45) is 5.73 Å². The van der Waals surface area contributed by atoms with Crippen molar-refractivity contribution >= 4 is 15.9 Å². The Bertz CT molecular complexity index is 667. The second-order valence-electron chi connectivity index (χ2n) is 5.77. The topological polar surface area (TPSA) is 104 Å². The van der Waals surface area contributed by atoms with Crippen LogP contribution in [-0.4, -0.2) is 60.9 Å². The summed E-state index contributed by atoms with van der Waals surface area (Å²) in [7, 11) is -3.61. The summed E-state index contributed by atoms with van der Waals surface area (Å²) in [6.07, 6.45) is -0.724. The Balaban J connectivity index is 2.13. The third-order valence-corrected chi connectivity index (χ3v) is 6.11. The summed E-state index contributed by atoms with van der Waals surface area (Å²) >= 11 is 0. The molecule has 2 atom stereocenters. The van der Waals surface area contributed by atoms with Crippen molar-refractivity contribution in [3.63, 3.8) is 0 Å². The molecular weight excluding hydrogens is 318 g/mol. The van der Waals surface area contributed by atoms with E-state index >= 15 is 0 Å². The van der Waals surface area contributed by atoms with Crippen LogP contribution in [0, 0.1) is 0 Å². The number of sulfonamides is 1. The third-order valence-electron chi connectivity index (χ3n) is 4.21. The van der Waals surface area contributed by atoms with Crippen molar-refractivity contribution in [3.8, 4) is 0 Å². The van der Waals surface area contributed by atoms with Gasteiger partial charge in [0, 0.05) is 26.2 Å². The minimum atomic E-state index is -3.61. The molecule has 0 unspecified atom stereocenters. The van der Waals surface area contributed by atoms with E-state index in [9.17, 15) is 18.3 Å². The van der Waals surface area contributed by atoms with E-state index in [-0.39, 0.29) is 4.90 Å². The lowest BCUT2D eigenvalue weighted by atomic mass is 10.1. The molecule has 0 saturated carbocycles. The summed E-state index contributed by atoms with van der Waals surface area (Å²) in [5.74, 6) is -0.411. The smallest absolute Gasteiger partial charge is 0.243 e. The molecule has 0 spiro atoms. The maximum atomic E-state index is 12.7. The number of aliphatic hydroxyl groups excluding tert-OH is 1. The van der Waals surface area contributed by atoms with Crippen molar-refractivity contribution in [3.05, 3.63) is 29.8 Å². The second-order valence-corrected chi connectivity index (χ2v) is 7.70. The van der Waals surface area contributed by atoms with Gasteiger partial charge in [0.25, 0.3) is 0 Å². The first kappa shape index (κ1) is 17.9. The molecule has 0 aromatic heterocycles. The van der Waals surface area contributed by atoms with E-state index in [1.54, 1.807) is 26.0 Å². The average Bonchev–Trinajstić information content (AvgIpc) is 2.54. The number of rotatable bonds is 5. The summed E-state index contributed by atoms with van der Waals surface area (Å²) < 4.78 is 26.8. The molecule has 8 heteroatoms. The lowest BCUT2D eigenvalue weighted by molar-refractivity contribution is -0.123. The normalized spacial score (nSPS) is 20.1. The quantitative estimate of drug-likeness (QED) is 0.779. The van der Waals surface area contributed by atoms with E-state index in [0.717, 1.165) is 0 Å². The maximum absolute atomic E-state index is 12.7. The predicted octanol–water partition coefficient (Wildman–Crippen LogP) is -0.0800. The van der Waals surface area contributed by atoms with Crippen LogP contribution in [0.3, 0.4) is 0 Å². The molecule has 0 bridgehead atoms. The number of carbonyl (C=O) groups is 1. The molecule has 23 heavy (non-hydrogen) atoms. The molecular formula is C15H23N3O4S. The standard InChI is InChI=1S/C15H23N3O4S/c1-11(15(16)20)17-6-8-18(9-7-17)23(21,22)14-5-3-4-13(10-14)12(2)19/h3-5,10-12,19H,6-9H2,1-2H3,(H2,16,20)/t11-,12-/m1/s1. The van der Waals surface area contributed by atoms with Gasteiger partial charge in [-0.05, 0) is 31.5 Å². The zero-order valence-electron chi connectivity index (χ0n) is 13.3. The van der Waals surface area contributed by atoms with Crippen molar-refractivity contribution in [1.82, 2.24) is 9.21 Å². The zero-order chi connectivity index (χ0) is 17.2. The van der Waals surface area contributed by atoms with E-state index in [0.29, 0.717) is 31.7 Å². The molecule has 7 nitrogen and oxygen atoms in total. The highest BCUT2D eigenvalue weighted by atomic mass is 32.2. The molecule has 1 amide bonds. The Kier molecular flexibility index (Phi) is 5.41. The van der Waals surface area contributed by atoms with E-state index in [4.69, 9.17) is 5.73 Å². The lowest BCUT2D eigenvalue weighted by Gasteiger charge is -2.36. The lowest BCUT2D eigenvalue weighted by Crippen LogP contribution is -2.54. The van der Waals surface area contributed by atoms with Crippen LogP contribution < -0.4 is 5.73 Å². The van der Waals surface area contributed by atoms with Gasteiger partial charge < -0.3 is 10.8 Å². The van der Waals surface area contributed by atoms with Crippen LogP contribution in [0.25, 0.3) is 0 Å². The molecule has 1 saturated heterocycles. The van der Waals surface area contributed by atoms with Crippen LogP contribution in [0.2, 0.25) is 0 Å². The highest BCUT2D eigenvalue weighted by Gasteiger charge is 2.31. The zero-order valence-corrected chi connectivity index (χ0v) is 14.2. The summed E-state index contributed by atoms with van der Waals surface area (Å²) in [4.78, 5) is 13.3. The molecule has 1 aliphatic heterocycles. The van der Waals surface area contributed by atoms with Gasteiger partial charge in [-0.1, -0.05) is 12.1 Å². The van der Waals surface area contributed by atoms with Gasteiger partial charge in [0.05, 0.1) is 17.0 Å². The minimum Gasteiger partial charge on any atom is -0.389 e. The molecule has 1 heterocycles. The van der Waals surface area contributed by atoms with Crippen molar-refractivity contribution < 1.29 is 18.3 Å². The SMILES string of the molecule is C[C@H](C(N)=O)N1CCN(S(=O)(=O)c2cccc([C@@H](C)O)c2)CC1. The molecule has 0 radical (unpaired) electrons. The van der Waals surface area contributed by atoms with Gasteiger partial charge in [0.1, 0.15) is 0 Å². The van der Waals surface area contributed by atoms with E-state index in [1.807, 2.05) is 4.90 Å². The van der Waals surface area contributed by atoms with E-state index < -0.39 is 28.1 Å². The van der Waals surface area contributed by atoms with Crippen LogP contribution in [0.15, 0.2) is 29.2 Å². The molecule has 1 aromatic carbocycles. The predicted molar refractivity (Wildman–Crippen MR) is 86.1 cm³/mol. The average molecular weight is 341 g/mol. The molecule has 3 N–H and O–H groups in total. The fourth-order valence-electron chi connectivity index (χ4n) is 2.60. The van der Waals surface area contributed by atoms with Crippen LogP contribution in [0.5, 0.6) is 0 Å². The number of hydrogen-bond acceptors (Lipinski definition) is 5. The Morgan fingerprint density at radius 1 is 1.22 bits per heavy atom. The first-order valence-electron chi connectivity index (χ1n) is 7.55. The Labute approximate surface area is 136 Å².